The Labute approximate surface area is 183 Å². The van der Waals surface area contributed by atoms with Crippen LogP contribution in [0.2, 0.25) is 0 Å². The Morgan fingerprint density at radius 1 is 0.903 bits per heavy atom. The van der Waals surface area contributed by atoms with E-state index < -0.39 is 0 Å². The summed E-state index contributed by atoms with van der Waals surface area (Å²) in [5.74, 6) is 0.0341. The summed E-state index contributed by atoms with van der Waals surface area (Å²) in [6.07, 6.45) is 0.310. The molecule has 158 valence electrons. The van der Waals surface area contributed by atoms with Crippen LogP contribution in [-0.4, -0.2) is 29.4 Å². The summed E-state index contributed by atoms with van der Waals surface area (Å²) in [5.41, 5.74) is 4.16. The average molecular weight is 414 g/mol. The molecule has 31 heavy (non-hydrogen) atoms. The van der Waals surface area contributed by atoms with E-state index in [1.807, 2.05) is 91.9 Å². The van der Waals surface area contributed by atoms with Crippen LogP contribution < -0.4 is 10.2 Å². The molecule has 3 amide bonds. The third-order valence-electron chi connectivity index (χ3n) is 5.52. The molecule has 1 heterocycles. The van der Waals surface area contributed by atoms with Crippen LogP contribution in [-0.2, 0) is 17.9 Å². The van der Waals surface area contributed by atoms with Gasteiger partial charge in [-0.3, -0.25) is 4.79 Å². The number of urea groups is 1. The van der Waals surface area contributed by atoms with Gasteiger partial charge in [0.15, 0.2) is 0 Å². The SMILES string of the molecule is Cc1ccc(N2C[C@H](NC(=O)N(Cc3ccccc3)Cc3ccccc3)CC2=O)cc1. The molecule has 1 N–H and O–H groups in total. The Balaban J connectivity index is 1.45. The lowest BCUT2D eigenvalue weighted by molar-refractivity contribution is -0.117. The van der Waals surface area contributed by atoms with Gasteiger partial charge in [0.1, 0.15) is 0 Å². The molecule has 1 fully saturated rings. The zero-order valence-corrected chi connectivity index (χ0v) is 17.7. The molecule has 0 radical (unpaired) electrons. The lowest BCUT2D eigenvalue weighted by Gasteiger charge is -2.25. The van der Waals surface area contributed by atoms with Gasteiger partial charge in [-0.25, -0.2) is 4.79 Å². The minimum atomic E-state index is -0.213. The third kappa shape index (κ3) is 5.31. The fourth-order valence-electron chi connectivity index (χ4n) is 3.85. The normalized spacial score (nSPS) is 15.7. The lowest BCUT2D eigenvalue weighted by atomic mass is 10.1. The molecule has 1 aliphatic heterocycles. The van der Waals surface area contributed by atoms with Gasteiger partial charge in [0.05, 0.1) is 6.04 Å². The summed E-state index contributed by atoms with van der Waals surface area (Å²) in [5, 5.41) is 3.09. The van der Waals surface area contributed by atoms with Gasteiger partial charge in [-0.1, -0.05) is 78.4 Å². The monoisotopic (exact) mass is 413 g/mol. The van der Waals surface area contributed by atoms with E-state index in [1.165, 1.54) is 0 Å². The Bertz CT molecular complexity index is 978. The summed E-state index contributed by atoms with van der Waals surface area (Å²) in [4.78, 5) is 29.3. The first-order valence-electron chi connectivity index (χ1n) is 10.6. The Hall–Kier alpha value is -3.60. The van der Waals surface area contributed by atoms with E-state index >= 15 is 0 Å². The van der Waals surface area contributed by atoms with E-state index in [1.54, 1.807) is 9.80 Å². The first-order valence-corrected chi connectivity index (χ1v) is 10.6. The van der Waals surface area contributed by atoms with Crippen molar-refractivity contribution in [1.82, 2.24) is 10.2 Å². The summed E-state index contributed by atoms with van der Waals surface area (Å²) in [7, 11) is 0. The predicted molar refractivity (Wildman–Crippen MR) is 123 cm³/mol. The summed E-state index contributed by atoms with van der Waals surface area (Å²) in [6, 6.07) is 27.4. The van der Waals surface area contributed by atoms with Crippen molar-refractivity contribution in [2.45, 2.75) is 32.5 Å². The summed E-state index contributed by atoms with van der Waals surface area (Å²) >= 11 is 0. The number of amides is 3. The number of carbonyl (C=O) groups is 2. The second-order valence-corrected chi connectivity index (χ2v) is 8.02. The number of hydrogen-bond donors (Lipinski definition) is 1. The number of anilines is 1. The lowest BCUT2D eigenvalue weighted by Crippen LogP contribution is -2.45. The first-order chi connectivity index (χ1) is 15.1. The topological polar surface area (TPSA) is 52.7 Å². The van der Waals surface area contributed by atoms with Gasteiger partial charge < -0.3 is 15.1 Å². The molecule has 0 aliphatic carbocycles. The largest absolute Gasteiger partial charge is 0.333 e. The fraction of sp³-hybridized carbons (Fsp3) is 0.231. The van der Waals surface area contributed by atoms with Gasteiger partial charge in [0.2, 0.25) is 5.91 Å². The van der Waals surface area contributed by atoms with Gasteiger partial charge in [-0.15, -0.1) is 0 Å². The van der Waals surface area contributed by atoms with Crippen molar-refractivity contribution in [3.63, 3.8) is 0 Å². The van der Waals surface area contributed by atoms with Crippen molar-refractivity contribution >= 4 is 17.6 Å². The maximum atomic E-state index is 13.2. The molecule has 5 heteroatoms. The highest BCUT2D eigenvalue weighted by Gasteiger charge is 2.32. The molecule has 3 aromatic carbocycles. The molecule has 1 atom stereocenters. The quantitative estimate of drug-likeness (QED) is 0.646. The molecule has 0 saturated carbocycles. The van der Waals surface area contributed by atoms with Crippen LogP contribution in [0.4, 0.5) is 10.5 Å². The number of rotatable bonds is 6. The van der Waals surface area contributed by atoms with Crippen LogP contribution in [0.5, 0.6) is 0 Å². The number of hydrogen-bond acceptors (Lipinski definition) is 2. The van der Waals surface area contributed by atoms with Gasteiger partial charge in [0, 0.05) is 31.7 Å². The molecule has 4 rings (SSSR count). The van der Waals surface area contributed by atoms with Crippen LogP contribution in [0.1, 0.15) is 23.1 Å². The highest BCUT2D eigenvalue weighted by atomic mass is 16.2. The predicted octanol–water partition coefficient (Wildman–Crippen LogP) is 4.51. The van der Waals surface area contributed by atoms with E-state index in [-0.39, 0.29) is 18.0 Å². The second kappa shape index (κ2) is 9.47. The van der Waals surface area contributed by atoms with Crippen LogP contribution in [0.3, 0.4) is 0 Å². The molecule has 1 aliphatic rings. The van der Waals surface area contributed by atoms with E-state index in [0.717, 1.165) is 22.4 Å². The Morgan fingerprint density at radius 3 is 2.00 bits per heavy atom. The van der Waals surface area contributed by atoms with Crippen molar-refractivity contribution in [1.29, 1.82) is 0 Å². The maximum absolute atomic E-state index is 13.2. The molecular formula is C26H27N3O2. The zero-order valence-electron chi connectivity index (χ0n) is 17.7. The van der Waals surface area contributed by atoms with E-state index in [2.05, 4.69) is 5.32 Å². The molecule has 0 aromatic heterocycles. The molecule has 3 aromatic rings. The molecule has 0 unspecified atom stereocenters. The summed E-state index contributed by atoms with van der Waals surface area (Å²) < 4.78 is 0. The van der Waals surface area contributed by atoms with Crippen molar-refractivity contribution < 1.29 is 9.59 Å². The molecule has 0 bridgehead atoms. The van der Waals surface area contributed by atoms with E-state index in [4.69, 9.17) is 0 Å². The van der Waals surface area contributed by atoms with Crippen molar-refractivity contribution in [3.8, 4) is 0 Å². The van der Waals surface area contributed by atoms with Gasteiger partial charge in [-0.05, 0) is 30.2 Å². The smallest absolute Gasteiger partial charge is 0.318 e. The number of nitrogens with zero attached hydrogens (tertiary/aromatic N) is 2. The van der Waals surface area contributed by atoms with Crippen LogP contribution >= 0.6 is 0 Å². The third-order valence-corrected chi connectivity index (χ3v) is 5.52. The molecular weight excluding hydrogens is 386 g/mol. The number of benzene rings is 3. The van der Waals surface area contributed by atoms with Gasteiger partial charge in [0.25, 0.3) is 0 Å². The van der Waals surface area contributed by atoms with E-state index in [9.17, 15) is 9.59 Å². The minimum Gasteiger partial charge on any atom is -0.333 e. The average Bonchev–Trinajstić information content (AvgIpc) is 3.15. The van der Waals surface area contributed by atoms with Crippen molar-refractivity contribution in [3.05, 3.63) is 102 Å². The summed E-state index contributed by atoms with van der Waals surface area (Å²) in [6.45, 7) is 3.51. The number of nitrogens with one attached hydrogen (secondary N) is 1. The van der Waals surface area contributed by atoms with E-state index in [0.29, 0.717) is 26.1 Å². The molecule has 0 spiro atoms. The minimum absolute atomic E-state index is 0.0341. The standard InChI is InChI=1S/C26H27N3O2/c1-20-12-14-24(15-13-20)29-19-23(16-25(29)30)27-26(31)28(17-21-8-4-2-5-9-21)18-22-10-6-3-7-11-22/h2-15,23H,16-19H2,1H3,(H,27,31)/t23-/m1/s1. The van der Waals surface area contributed by atoms with Crippen LogP contribution in [0.25, 0.3) is 0 Å². The number of carbonyl (C=O) groups excluding carboxylic acids is 2. The molecule has 5 nitrogen and oxygen atoms in total. The van der Waals surface area contributed by atoms with Gasteiger partial charge in [-0.2, -0.15) is 0 Å². The Kier molecular flexibility index (Phi) is 6.32. The Morgan fingerprint density at radius 2 is 1.45 bits per heavy atom. The highest BCUT2D eigenvalue weighted by molar-refractivity contribution is 5.96. The maximum Gasteiger partial charge on any atom is 0.318 e. The second-order valence-electron chi connectivity index (χ2n) is 8.02. The van der Waals surface area contributed by atoms with Gasteiger partial charge >= 0.3 is 6.03 Å². The highest BCUT2D eigenvalue weighted by Crippen LogP contribution is 2.22. The van der Waals surface area contributed by atoms with Crippen LogP contribution in [0.15, 0.2) is 84.9 Å². The molecule has 1 saturated heterocycles. The first kappa shape index (κ1) is 20.7. The van der Waals surface area contributed by atoms with Crippen molar-refractivity contribution in [2.75, 3.05) is 11.4 Å². The van der Waals surface area contributed by atoms with Crippen LogP contribution in [0, 0.1) is 6.92 Å². The van der Waals surface area contributed by atoms with Crippen molar-refractivity contribution in [2.24, 2.45) is 0 Å². The zero-order chi connectivity index (χ0) is 21.6. The fourth-order valence-corrected chi connectivity index (χ4v) is 3.85. The number of aryl methyl sites for hydroxylation is 1.